The molecule has 2 heterocycles. The molecular weight excluding hydrogens is 358 g/mol. The number of hydrogen-bond acceptors (Lipinski definition) is 4. The number of aliphatic hydroxyl groups excluding tert-OH is 1. The SMILES string of the molecule is CC(C)Sc1ccccc1NC(=O)N1CCC([C@@H](O)c2ccccn2)CC1. The van der Waals surface area contributed by atoms with E-state index in [9.17, 15) is 9.90 Å². The molecule has 1 atom stereocenters. The Morgan fingerprint density at radius 3 is 2.56 bits per heavy atom. The summed E-state index contributed by atoms with van der Waals surface area (Å²) < 4.78 is 0. The summed E-state index contributed by atoms with van der Waals surface area (Å²) in [5.74, 6) is 0.132. The van der Waals surface area contributed by atoms with E-state index in [-0.39, 0.29) is 11.9 Å². The molecule has 0 aliphatic carbocycles. The second kappa shape index (κ2) is 9.24. The number of nitrogens with zero attached hydrogens (tertiary/aromatic N) is 2. The van der Waals surface area contributed by atoms with Gasteiger partial charge in [-0.05, 0) is 43.0 Å². The van der Waals surface area contributed by atoms with Gasteiger partial charge in [0.1, 0.15) is 0 Å². The lowest BCUT2D eigenvalue weighted by molar-refractivity contribution is 0.0652. The average Bonchev–Trinajstić information content (AvgIpc) is 2.69. The molecule has 1 aliphatic heterocycles. The quantitative estimate of drug-likeness (QED) is 0.741. The molecule has 0 bridgehead atoms. The number of thioether (sulfide) groups is 1. The third-order valence-electron chi connectivity index (χ3n) is 4.76. The monoisotopic (exact) mass is 385 g/mol. The molecule has 3 rings (SSSR count). The van der Waals surface area contributed by atoms with E-state index in [1.54, 1.807) is 18.0 Å². The number of piperidine rings is 1. The predicted molar refractivity (Wildman–Crippen MR) is 110 cm³/mol. The fourth-order valence-corrected chi connectivity index (χ4v) is 4.24. The van der Waals surface area contributed by atoms with E-state index < -0.39 is 6.10 Å². The normalized spacial score (nSPS) is 16.4. The van der Waals surface area contributed by atoms with Crippen LogP contribution >= 0.6 is 11.8 Å². The van der Waals surface area contributed by atoms with Crippen LogP contribution in [0.5, 0.6) is 0 Å². The third-order valence-corrected chi connectivity index (χ3v) is 5.84. The largest absolute Gasteiger partial charge is 0.387 e. The molecule has 2 aromatic rings. The summed E-state index contributed by atoms with van der Waals surface area (Å²) in [6.07, 6.45) is 2.68. The van der Waals surface area contributed by atoms with Crippen LogP contribution < -0.4 is 5.32 Å². The number of pyridine rings is 1. The number of hydrogen-bond donors (Lipinski definition) is 2. The molecule has 144 valence electrons. The van der Waals surface area contributed by atoms with Crippen molar-refractivity contribution in [1.29, 1.82) is 0 Å². The number of para-hydroxylation sites is 1. The summed E-state index contributed by atoms with van der Waals surface area (Å²) in [5.41, 5.74) is 1.57. The molecule has 1 aromatic heterocycles. The van der Waals surface area contributed by atoms with Gasteiger partial charge in [-0.1, -0.05) is 32.0 Å². The molecule has 1 aliphatic rings. The second-order valence-corrected chi connectivity index (χ2v) is 8.74. The fraction of sp³-hybridized carbons (Fsp3) is 0.429. The van der Waals surface area contributed by atoms with E-state index >= 15 is 0 Å². The minimum atomic E-state index is -0.570. The highest BCUT2D eigenvalue weighted by Gasteiger charge is 2.29. The van der Waals surface area contributed by atoms with Crippen molar-refractivity contribution in [1.82, 2.24) is 9.88 Å². The van der Waals surface area contributed by atoms with Crippen molar-refractivity contribution in [2.45, 2.75) is 42.9 Å². The van der Waals surface area contributed by atoms with Crippen molar-refractivity contribution >= 4 is 23.5 Å². The zero-order valence-corrected chi connectivity index (χ0v) is 16.7. The first-order valence-corrected chi connectivity index (χ1v) is 10.3. The van der Waals surface area contributed by atoms with E-state index in [1.165, 1.54) is 0 Å². The molecule has 5 nitrogen and oxygen atoms in total. The Labute approximate surface area is 165 Å². The van der Waals surface area contributed by atoms with Gasteiger partial charge in [0, 0.05) is 29.4 Å². The maximum Gasteiger partial charge on any atom is 0.321 e. The minimum Gasteiger partial charge on any atom is -0.387 e. The number of rotatable bonds is 5. The topological polar surface area (TPSA) is 65.5 Å². The molecule has 1 fully saturated rings. The Morgan fingerprint density at radius 1 is 1.19 bits per heavy atom. The molecule has 2 N–H and O–H groups in total. The zero-order valence-electron chi connectivity index (χ0n) is 15.8. The van der Waals surface area contributed by atoms with Crippen LogP contribution in [0, 0.1) is 5.92 Å². The number of carbonyl (C=O) groups is 1. The summed E-state index contributed by atoms with van der Waals surface area (Å²) in [4.78, 5) is 19.9. The number of anilines is 1. The van der Waals surface area contributed by atoms with Gasteiger partial charge in [0.2, 0.25) is 0 Å². The Hall–Kier alpha value is -2.05. The van der Waals surface area contributed by atoms with Crippen LogP contribution in [0.25, 0.3) is 0 Å². The smallest absolute Gasteiger partial charge is 0.321 e. The van der Waals surface area contributed by atoms with Crippen molar-refractivity contribution < 1.29 is 9.90 Å². The molecule has 1 saturated heterocycles. The van der Waals surface area contributed by atoms with E-state index in [4.69, 9.17) is 0 Å². The third kappa shape index (κ3) is 5.23. The Balaban J connectivity index is 1.56. The van der Waals surface area contributed by atoms with E-state index in [0.717, 1.165) is 23.4 Å². The molecule has 2 amide bonds. The zero-order chi connectivity index (χ0) is 19.2. The Morgan fingerprint density at radius 2 is 1.89 bits per heavy atom. The molecule has 0 spiro atoms. The van der Waals surface area contributed by atoms with Gasteiger partial charge in [-0.3, -0.25) is 4.98 Å². The van der Waals surface area contributed by atoms with Crippen LogP contribution in [-0.2, 0) is 0 Å². The van der Waals surface area contributed by atoms with Crippen molar-refractivity contribution in [2.75, 3.05) is 18.4 Å². The number of urea groups is 1. The van der Waals surface area contributed by atoms with Gasteiger partial charge in [0.05, 0.1) is 17.5 Å². The molecule has 6 heteroatoms. The van der Waals surface area contributed by atoms with Crippen LogP contribution in [0.4, 0.5) is 10.5 Å². The number of aliphatic hydroxyl groups is 1. The lowest BCUT2D eigenvalue weighted by Gasteiger charge is -2.34. The van der Waals surface area contributed by atoms with E-state index in [0.29, 0.717) is 24.0 Å². The summed E-state index contributed by atoms with van der Waals surface area (Å²) >= 11 is 1.74. The maximum absolute atomic E-state index is 12.7. The molecule has 0 unspecified atom stereocenters. The van der Waals surface area contributed by atoms with Gasteiger partial charge in [-0.15, -0.1) is 11.8 Å². The highest BCUT2D eigenvalue weighted by molar-refractivity contribution is 8.00. The van der Waals surface area contributed by atoms with E-state index in [1.807, 2.05) is 47.4 Å². The van der Waals surface area contributed by atoms with Gasteiger partial charge >= 0.3 is 6.03 Å². The number of aromatic nitrogens is 1. The van der Waals surface area contributed by atoms with Crippen LogP contribution in [0.1, 0.15) is 38.5 Å². The number of carbonyl (C=O) groups excluding carboxylic acids is 1. The first-order chi connectivity index (χ1) is 13.0. The fourth-order valence-electron chi connectivity index (χ4n) is 3.33. The number of likely N-dealkylation sites (tertiary alicyclic amines) is 1. The summed E-state index contributed by atoms with van der Waals surface area (Å²) in [5, 5.41) is 14.0. The van der Waals surface area contributed by atoms with Crippen molar-refractivity contribution in [2.24, 2.45) is 5.92 Å². The summed E-state index contributed by atoms with van der Waals surface area (Å²) in [6, 6.07) is 13.4. The minimum absolute atomic E-state index is 0.0717. The summed E-state index contributed by atoms with van der Waals surface area (Å²) in [6.45, 7) is 5.56. The lowest BCUT2D eigenvalue weighted by atomic mass is 9.89. The van der Waals surface area contributed by atoms with Gasteiger partial charge in [-0.25, -0.2) is 4.79 Å². The number of amides is 2. The average molecular weight is 386 g/mol. The summed E-state index contributed by atoms with van der Waals surface area (Å²) in [7, 11) is 0. The van der Waals surface area contributed by atoms with Gasteiger partial charge < -0.3 is 15.3 Å². The molecule has 1 aromatic carbocycles. The van der Waals surface area contributed by atoms with Crippen LogP contribution in [0.3, 0.4) is 0 Å². The lowest BCUT2D eigenvalue weighted by Crippen LogP contribution is -2.42. The Kier molecular flexibility index (Phi) is 6.74. The van der Waals surface area contributed by atoms with Crippen molar-refractivity contribution in [3.8, 4) is 0 Å². The van der Waals surface area contributed by atoms with Crippen molar-refractivity contribution in [3.63, 3.8) is 0 Å². The highest BCUT2D eigenvalue weighted by atomic mass is 32.2. The van der Waals surface area contributed by atoms with Crippen LogP contribution in [-0.4, -0.2) is 39.4 Å². The second-order valence-electron chi connectivity index (χ2n) is 7.12. The van der Waals surface area contributed by atoms with Gasteiger partial charge in [0.15, 0.2) is 0 Å². The highest BCUT2D eigenvalue weighted by Crippen LogP contribution is 2.32. The number of nitrogens with one attached hydrogen (secondary N) is 1. The number of benzene rings is 1. The first kappa shape index (κ1) is 19.7. The standard InChI is InChI=1S/C21H27N3O2S/c1-15(2)27-19-9-4-3-7-17(19)23-21(26)24-13-10-16(11-14-24)20(25)18-8-5-6-12-22-18/h3-9,12,15-16,20,25H,10-11,13-14H2,1-2H3,(H,23,26)/t20-/m1/s1. The molecular formula is C21H27N3O2S. The van der Waals surface area contributed by atoms with Gasteiger partial charge in [-0.2, -0.15) is 0 Å². The molecule has 0 radical (unpaired) electrons. The molecule has 0 saturated carbocycles. The molecule has 27 heavy (non-hydrogen) atoms. The van der Waals surface area contributed by atoms with Crippen LogP contribution in [0.15, 0.2) is 53.6 Å². The van der Waals surface area contributed by atoms with Crippen LogP contribution in [0.2, 0.25) is 0 Å². The maximum atomic E-state index is 12.7. The first-order valence-electron chi connectivity index (χ1n) is 9.45. The predicted octanol–water partition coefficient (Wildman–Crippen LogP) is 4.56. The Bertz CT molecular complexity index is 746. The van der Waals surface area contributed by atoms with Crippen molar-refractivity contribution in [3.05, 3.63) is 54.4 Å². The van der Waals surface area contributed by atoms with Gasteiger partial charge in [0.25, 0.3) is 0 Å². The van der Waals surface area contributed by atoms with E-state index in [2.05, 4.69) is 24.1 Å².